The summed E-state index contributed by atoms with van der Waals surface area (Å²) < 4.78 is 0. The lowest BCUT2D eigenvalue weighted by molar-refractivity contribution is -0.126. The normalized spacial score (nSPS) is 25.1. The Bertz CT molecular complexity index is 544. The third-order valence-electron chi connectivity index (χ3n) is 4.10. The van der Waals surface area contributed by atoms with Gasteiger partial charge in [-0.05, 0) is 24.5 Å². The van der Waals surface area contributed by atoms with E-state index in [-0.39, 0.29) is 23.9 Å². The van der Waals surface area contributed by atoms with Gasteiger partial charge < -0.3 is 15.5 Å². The zero-order chi connectivity index (χ0) is 14.1. The maximum Gasteiger partial charge on any atom is 0.243 e. The van der Waals surface area contributed by atoms with Crippen LogP contribution >= 0.6 is 0 Å². The summed E-state index contributed by atoms with van der Waals surface area (Å²) in [6.07, 6.45) is 1.93. The highest BCUT2D eigenvalue weighted by atomic mass is 16.2. The number of hydrogen-bond donors (Lipinski definition) is 2. The number of carbonyl (C=O) groups excluding carboxylic acids is 2. The predicted molar refractivity (Wildman–Crippen MR) is 76.4 cm³/mol. The number of nitrogens with zero attached hydrogens (tertiary/aromatic N) is 1. The zero-order valence-corrected chi connectivity index (χ0v) is 11.6. The van der Waals surface area contributed by atoms with Crippen LogP contribution in [0.5, 0.6) is 0 Å². The number of nitrogens with one attached hydrogen (secondary N) is 2. The molecule has 3 rings (SSSR count). The molecule has 2 unspecified atom stereocenters. The molecular formula is C15H19N3O2. The van der Waals surface area contributed by atoms with E-state index in [4.69, 9.17) is 0 Å². The number of anilines is 1. The molecule has 2 aliphatic heterocycles. The van der Waals surface area contributed by atoms with Crippen LogP contribution in [-0.2, 0) is 9.59 Å². The summed E-state index contributed by atoms with van der Waals surface area (Å²) in [6, 6.07) is 7.81. The van der Waals surface area contributed by atoms with E-state index >= 15 is 0 Å². The summed E-state index contributed by atoms with van der Waals surface area (Å²) in [5.41, 5.74) is 2.32. The molecule has 2 atom stereocenters. The van der Waals surface area contributed by atoms with Crippen molar-refractivity contribution in [2.75, 3.05) is 18.5 Å². The maximum absolute atomic E-state index is 12.2. The Labute approximate surface area is 118 Å². The average Bonchev–Trinajstić information content (AvgIpc) is 2.89. The molecule has 0 aliphatic carbocycles. The van der Waals surface area contributed by atoms with Crippen molar-refractivity contribution >= 4 is 17.5 Å². The number of rotatable bonds is 2. The number of fused-ring (bicyclic) bond motifs is 1. The van der Waals surface area contributed by atoms with E-state index in [1.807, 2.05) is 12.1 Å². The molecule has 1 aromatic carbocycles. The molecule has 0 radical (unpaired) electrons. The molecule has 20 heavy (non-hydrogen) atoms. The Morgan fingerprint density at radius 1 is 1.35 bits per heavy atom. The number of hydrogen-bond acceptors (Lipinski definition) is 3. The lowest BCUT2D eigenvalue weighted by Crippen LogP contribution is -2.45. The Hall–Kier alpha value is -2.04. The van der Waals surface area contributed by atoms with Crippen LogP contribution in [0.1, 0.15) is 30.9 Å². The van der Waals surface area contributed by atoms with Gasteiger partial charge >= 0.3 is 0 Å². The van der Waals surface area contributed by atoms with Crippen molar-refractivity contribution in [3.05, 3.63) is 29.8 Å². The molecule has 2 aliphatic rings. The summed E-state index contributed by atoms with van der Waals surface area (Å²) in [4.78, 5) is 25.6. The van der Waals surface area contributed by atoms with Crippen molar-refractivity contribution in [3.63, 3.8) is 0 Å². The molecule has 106 valence electrons. The van der Waals surface area contributed by atoms with E-state index in [1.165, 1.54) is 5.69 Å². The summed E-state index contributed by atoms with van der Waals surface area (Å²) in [5, 5.41) is 5.79. The molecule has 0 spiro atoms. The first kappa shape index (κ1) is 13.0. The van der Waals surface area contributed by atoms with Crippen LogP contribution in [0.25, 0.3) is 0 Å². The molecule has 0 saturated carbocycles. The Morgan fingerprint density at radius 3 is 2.90 bits per heavy atom. The number of amides is 2. The van der Waals surface area contributed by atoms with Crippen LogP contribution < -0.4 is 15.5 Å². The van der Waals surface area contributed by atoms with Crippen molar-refractivity contribution in [1.29, 1.82) is 0 Å². The molecule has 5 nitrogen and oxygen atoms in total. The van der Waals surface area contributed by atoms with E-state index in [2.05, 4.69) is 34.7 Å². The number of carbonyl (C=O) groups is 2. The molecule has 1 aromatic rings. The van der Waals surface area contributed by atoms with Crippen LogP contribution in [0, 0.1) is 0 Å². The molecule has 2 N–H and O–H groups in total. The van der Waals surface area contributed by atoms with Gasteiger partial charge in [-0.3, -0.25) is 9.59 Å². The minimum absolute atomic E-state index is 0.0334. The standard InChI is InChI=1S/C15H19N3O2/c1-18-9-8-11(10-4-2-3-5-13(10)18)17-15(20)12-6-7-14(19)16-12/h2-5,11-12H,6-9H2,1H3,(H,16,19)(H,17,20). The molecule has 1 fully saturated rings. The second-order valence-corrected chi connectivity index (χ2v) is 5.49. The minimum Gasteiger partial charge on any atom is -0.374 e. The minimum atomic E-state index is -0.366. The lowest BCUT2D eigenvalue weighted by Gasteiger charge is -2.34. The predicted octanol–water partition coefficient (Wildman–Crippen LogP) is 0.962. The third kappa shape index (κ3) is 2.35. The van der Waals surface area contributed by atoms with Gasteiger partial charge in [0.15, 0.2) is 0 Å². The molecule has 0 aromatic heterocycles. The monoisotopic (exact) mass is 273 g/mol. The SMILES string of the molecule is CN1CCC(NC(=O)C2CCC(=O)N2)c2ccccc21. The zero-order valence-electron chi connectivity index (χ0n) is 11.6. The largest absolute Gasteiger partial charge is 0.374 e. The first-order valence-electron chi connectivity index (χ1n) is 7.05. The topological polar surface area (TPSA) is 61.4 Å². The summed E-state index contributed by atoms with van der Waals surface area (Å²) >= 11 is 0. The molecule has 1 saturated heterocycles. The van der Waals surface area contributed by atoms with Crippen LogP contribution in [-0.4, -0.2) is 31.4 Å². The summed E-state index contributed by atoms with van der Waals surface area (Å²) in [6.45, 7) is 0.916. The van der Waals surface area contributed by atoms with Crippen LogP contribution in [0.15, 0.2) is 24.3 Å². The van der Waals surface area contributed by atoms with E-state index < -0.39 is 0 Å². The Kier molecular flexibility index (Phi) is 3.34. The molecular weight excluding hydrogens is 254 g/mol. The van der Waals surface area contributed by atoms with Gasteiger partial charge in [-0.2, -0.15) is 0 Å². The number of para-hydroxylation sites is 1. The van der Waals surface area contributed by atoms with Gasteiger partial charge in [0.05, 0.1) is 6.04 Å². The van der Waals surface area contributed by atoms with Gasteiger partial charge in [-0.25, -0.2) is 0 Å². The van der Waals surface area contributed by atoms with Gasteiger partial charge in [0.1, 0.15) is 6.04 Å². The Morgan fingerprint density at radius 2 is 2.15 bits per heavy atom. The van der Waals surface area contributed by atoms with E-state index in [9.17, 15) is 9.59 Å². The lowest BCUT2D eigenvalue weighted by atomic mass is 9.96. The van der Waals surface area contributed by atoms with Crippen LogP contribution in [0.3, 0.4) is 0 Å². The van der Waals surface area contributed by atoms with Crippen molar-refractivity contribution in [1.82, 2.24) is 10.6 Å². The summed E-state index contributed by atoms with van der Waals surface area (Å²) in [7, 11) is 2.06. The quantitative estimate of drug-likeness (QED) is 0.844. The van der Waals surface area contributed by atoms with Crippen molar-refractivity contribution in [2.45, 2.75) is 31.3 Å². The highest BCUT2D eigenvalue weighted by molar-refractivity contribution is 5.91. The molecule has 2 amide bonds. The van der Waals surface area contributed by atoms with Crippen molar-refractivity contribution < 1.29 is 9.59 Å². The van der Waals surface area contributed by atoms with Gasteiger partial charge in [-0.15, -0.1) is 0 Å². The van der Waals surface area contributed by atoms with Crippen LogP contribution in [0.2, 0.25) is 0 Å². The van der Waals surface area contributed by atoms with Crippen LogP contribution in [0.4, 0.5) is 5.69 Å². The fourth-order valence-electron chi connectivity index (χ4n) is 2.96. The highest BCUT2D eigenvalue weighted by Crippen LogP contribution is 2.32. The summed E-state index contributed by atoms with van der Waals surface area (Å²) in [5.74, 6) is -0.103. The Balaban J connectivity index is 1.74. The third-order valence-corrected chi connectivity index (χ3v) is 4.10. The fraction of sp³-hybridized carbons (Fsp3) is 0.467. The smallest absolute Gasteiger partial charge is 0.243 e. The number of benzene rings is 1. The van der Waals surface area contributed by atoms with Gasteiger partial charge in [0, 0.05) is 25.7 Å². The first-order chi connectivity index (χ1) is 9.65. The van der Waals surface area contributed by atoms with E-state index in [1.54, 1.807) is 0 Å². The highest BCUT2D eigenvalue weighted by Gasteiger charge is 2.30. The average molecular weight is 273 g/mol. The van der Waals surface area contributed by atoms with E-state index in [0.717, 1.165) is 18.5 Å². The second-order valence-electron chi connectivity index (χ2n) is 5.49. The van der Waals surface area contributed by atoms with E-state index in [0.29, 0.717) is 12.8 Å². The van der Waals surface area contributed by atoms with Gasteiger partial charge in [0.2, 0.25) is 11.8 Å². The maximum atomic E-state index is 12.2. The fourth-order valence-corrected chi connectivity index (χ4v) is 2.96. The molecule has 2 heterocycles. The van der Waals surface area contributed by atoms with Gasteiger partial charge in [-0.1, -0.05) is 18.2 Å². The second kappa shape index (κ2) is 5.15. The molecule has 5 heteroatoms. The van der Waals surface area contributed by atoms with Crippen molar-refractivity contribution in [3.8, 4) is 0 Å². The molecule has 0 bridgehead atoms. The van der Waals surface area contributed by atoms with Gasteiger partial charge in [0.25, 0.3) is 0 Å². The first-order valence-corrected chi connectivity index (χ1v) is 7.05. The van der Waals surface area contributed by atoms with Crippen molar-refractivity contribution in [2.24, 2.45) is 0 Å².